The van der Waals surface area contributed by atoms with E-state index in [0.717, 1.165) is 17.7 Å². The molecule has 1 amide bonds. The van der Waals surface area contributed by atoms with Gasteiger partial charge in [-0.05, 0) is 24.1 Å². The largest absolute Gasteiger partial charge is 0.497 e. The van der Waals surface area contributed by atoms with E-state index in [0.29, 0.717) is 13.0 Å². The van der Waals surface area contributed by atoms with E-state index >= 15 is 0 Å². The molecule has 0 fully saturated rings. The minimum Gasteiger partial charge on any atom is -0.497 e. The summed E-state index contributed by atoms with van der Waals surface area (Å²) in [4.78, 5) is 13.6. The van der Waals surface area contributed by atoms with E-state index in [1.54, 1.807) is 19.1 Å². The lowest BCUT2D eigenvalue weighted by Gasteiger charge is -2.19. The van der Waals surface area contributed by atoms with Crippen LogP contribution in [-0.4, -0.2) is 31.0 Å². The Labute approximate surface area is 109 Å². The molecule has 0 heterocycles. The first-order chi connectivity index (χ1) is 8.56. The highest BCUT2D eigenvalue weighted by Gasteiger charge is 2.12. The number of methoxy groups -OCH3 is 1. The van der Waals surface area contributed by atoms with Gasteiger partial charge in [0.1, 0.15) is 5.75 Å². The summed E-state index contributed by atoms with van der Waals surface area (Å²) in [5.74, 6) is 0.904. The van der Waals surface area contributed by atoms with E-state index < -0.39 is 0 Å². The van der Waals surface area contributed by atoms with Gasteiger partial charge in [-0.15, -0.1) is 0 Å². The molecule has 0 saturated carbocycles. The first-order valence-corrected chi connectivity index (χ1v) is 6.19. The average Bonchev–Trinajstić information content (AvgIpc) is 2.39. The van der Waals surface area contributed by atoms with Gasteiger partial charge in [0.05, 0.1) is 7.11 Å². The second-order valence-electron chi connectivity index (χ2n) is 4.47. The van der Waals surface area contributed by atoms with Crippen molar-refractivity contribution in [2.75, 3.05) is 14.2 Å². The molecule has 1 aromatic carbocycles. The van der Waals surface area contributed by atoms with Crippen LogP contribution in [0.2, 0.25) is 0 Å². The van der Waals surface area contributed by atoms with E-state index in [4.69, 9.17) is 10.5 Å². The standard InChI is InChI=1S/C14H22N2O2/c1-4-12(15)9-14(17)16(2)10-11-5-7-13(18-3)8-6-11/h5-8,12H,4,9-10,15H2,1-3H3. The number of ether oxygens (including phenoxy) is 1. The minimum absolute atomic E-state index is 0.0455. The molecular formula is C14H22N2O2. The zero-order valence-corrected chi connectivity index (χ0v) is 11.3. The van der Waals surface area contributed by atoms with Crippen molar-refractivity contribution in [3.63, 3.8) is 0 Å². The molecule has 1 unspecified atom stereocenters. The van der Waals surface area contributed by atoms with Crippen molar-refractivity contribution in [1.29, 1.82) is 0 Å². The van der Waals surface area contributed by atoms with Gasteiger partial charge in [-0.2, -0.15) is 0 Å². The number of benzene rings is 1. The highest BCUT2D eigenvalue weighted by molar-refractivity contribution is 5.76. The topological polar surface area (TPSA) is 55.6 Å². The molecule has 18 heavy (non-hydrogen) atoms. The number of amides is 1. The molecule has 1 atom stereocenters. The number of rotatable bonds is 6. The van der Waals surface area contributed by atoms with Crippen LogP contribution in [0.3, 0.4) is 0 Å². The molecule has 0 aliphatic carbocycles. The third kappa shape index (κ3) is 4.37. The van der Waals surface area contributed by atoms with E-state index in [1.807, 2.05) is 31.2 Å². The van der Waals surface area contributed by atoms with Crippen molar-refractivity contribution >= 4 is 5.91 Å². The molecule has 100 valence electrons. The molecule has 0 radical (unpaired) electrons. The zero-order valence-electron chi connectivity index (χ0n) is 11.3. The van der Waals surface area contributed by atoms with Crippen LogP contribution in [0.5, 0.6) is 5.75 Å². The van der Waals surface area contributed by atoms with Gasteiger partial charge >= 0.3 is 0 Å². The molecule has 0 aliphatic heterocycles. The van der Waals surface area contributed by atoms with Crippen LogP contribution >= 0.6 is 0 Å². The second-order valence-corrected chi connectivity index (χ2v) is 4.47. The van der Waals surface area contributed by atoms with Gasteiger partial charge in [-0.3, -0.25) is 4.79 Å². The number of carbonyl (C=O) groups is 1. The SMILES string of the molecule is CCC(N)CC(=O)N(C)Cc1ccc(OC)cc1. The summed E-state index contributed by atoms with van der Waals surface area (Å²) in [5, 5.41) is 0. The Morgan fingerprint density at radius 1 is 1.39 bits per heavy atom. The summed E-state index contributed by atoms with van der Waals surface area (Å²) in [5.41, 5.74) is 6.86. The Hall–Kier alpha value is -1.55. The highest BCUT2D eigenvalue weighted by atomic mass is 16.5. The number of hydrogen-bond donors (Lipinski definition) is 1. The number of nitrogens with zero attached hydrogens (tertiary/aromatic N) is 1. The van der Waals surface area contributed by atoms with Crippen molar-refractivity contribution in [2.24, 2.45) is 5.73 Å². The lowest BCUT2D eigenvalue weighted by molar-refractivity contribution is -0.130. The molecule has 0 saturated heterocycles. The summed E-state index contributed by atoms with van der Waals surface area (Å²) in [7, 11) is 3.44. The fraction of sp³-hybridized carbons (Fsp3) is 0.500. The van der Waals surface area contributed by atoms with Crippen LogP contribution in [0.1, 0.15) is 25.3 Å². The first kappa shape index (κ1) is 14.5. The fourth-order valence-corrected chi connectivity index (χ4v) is 1.62. The van der Waals surface area contributed by atoms with Crippen molar-refractivity contribution in [3.8, 4) is 5.75 Å². The Kier molecular flexibility index (Phi) is 5.65. The third-order valence-corrected chi connectivity index (χ3v) is 2.97. The van der Waals surface area contributed by atoms with Crippen molar-refractivity contribution in [1.82, 2.24) is 4.90 Å². The maximum atomic E-state index is 11.9. The van der Waals surface area contributed by atoms with Gasteiger partial charge in [0.25, 0.3) is 0 Å². The summed E-state index contributed by atoms with van der Waals surface area (Å²) in [6.45, 7) is 2.58. The van der Waals surface area contributed by atoms with E-state index in [1.165, 1.54) is 0 Å². The molecule has 0 aliphatic rings. The van der Waals surface area contributed by atoms with Gasteiger partial charge < -0.3 is 15.4 Å². The molecular weight excluding hydrogens is 228 g/mol. The van der Waals surface area contributed by atoms with Crippen LogP contribution in [0, 0.1) is 0 Å². The average molecular weight is 250 g/mol. The van der Waals surface area contributed by atoms with Crippen LogP contribution in [0.15, 0.2) is 24.3 Å². The van der Waals surface area contributed by atoms with Gasteiger partial charge in [-0.25, -0.2) is 0 Å². The Morgan fingerprint density at radius 2 is 2.00 bits per heavy atom. The summed E-state index contributed by atoms with van der Waals surface area (Å²) in [6, 6.07) is 7.66. The molecule has 0 spiro atoms. The summed E-state index contributed by atoms with van der Waals surface area (Å²) >= 11 is 0. The maximum absolute atomic E-state index is 11.9. The Balaban J connectivity index is 2.52. The van der Waals surface area contributed by atoms with Gasteiger partial charge in [0.15, 0.2) is 0 Å². The van der Waals surface area contributed by atoms with Crippen molar-refractivity contribution < 1.29 is 9.53 Å². The van der Waals surface area contributed by atoms with Gasteiger partial charge in [-0.1, -0.05) is 19.1 Å². The van der Waals surface area contributed by atoms with Crippen LogP contribution in [0.25, 0.3) is 0 Å². The van der Waals surface area contributed by atoms with E-state index in [-0.39, 0.29) is 11.9 Å². The second kappa shape index (κ2) is 7.01. The van der Waals surface area contributed by atoms with Crippen molar-refractivity contribution in [2.45, 2.75) is 32.4 Å². The fourth-order valence-electron chi connectivity index (χ4n) is 1.62. The van der Waals surface area contributed by atoms with Crippen molar-refractivity contribution in [3.05, 3.63) is 29.8 Å². The lowest BCUT2D eigenvalue weighted by Crippen LogP contribution is -2.32. The minimum atomic E-state index is -0.0455. The molecule has 4 heteroatoms. The quantitative estimate of drug-likeness (QED) is 0.837. The molecule has 0 bridgehead atoms. The van der Waals surface area contributed by atoms with E-state index in [9.17, 15) is 4.79 Å². The van der Waals surface area contributed by atoms with Gasteiger partial charge in [0, 0.05) is 26.1 Å². The number of carbonyl (C=O) groups excluding carboxylic acids is 1. The number of nitrogens with two attached hydrogens (primary N) is 1. The summed E-state index contributed by atoms with van der Waals surface area (Å²) in [6.07, 6.45) is 1.23. The zero-order chi connectivity index (χ0) is 13.5. The Bertz CT molecular complexity index is 376. The molecule has 0 aromatic heterocycles. The van der Waals surface area contributed by atoms with Gasteiger partial charge in [0.2, 0.25) is 5.91 Å². The van der Waals surface area contributed by atoms with E-state index in [2.05, 4.69) is 0 Å². The number of hydrogen-bond acceptors (Lipinski definition) is 3. The lowest BCUT2D eigenvalue weighted by atomic mass is 10.1. The first-order valence-electron chi connectivity index (χ1n) is 6.19. The third-order valence-electron chi connectivity index (χ3n) is 2.97. The smallest absolute Gasteiger partial charge is 0.224 e. The molecule has 1 aromatic rings. The molecule has 4 nitrogen and oxygen atoms in total. The van der Waals surface area contributed by atoms with Crippen LogP contribution in [0.4, 0.5) is 0 Å². The van der Waals surface area contributed by atoms with Crippen LogP contribution in [-0.2, 0) is 11.3 Å². The normalized spacial score (nSPS) is 12.0. The van der Waals surface area contributed by atoms with Crippen LogP contribution < -0.4 is 10.5 Å². The summed E-state index contributed by atoms with van der Waals surface area (Å²) < 4.78 is 5.09. The molecule has 1 rings (SSSR count). The molecule has 2 N–H and O–H groups in total. The predicted molar refractivity (Wildman–Crippen MR) is 72.4 cm³/mol. The maximum Gasteiger partial charge on any atom is 0.224 e. The predicted octanol–water partition coefficient (Wildman–Crippen LogP) is 1.78. The monoisotopic (exact) mass is 250 g/mol. The Morgan fingerprint density at radius 3 is 2.50 bits per heavy atom. The highest BCUT2D eigenvalue weighted by Crippen LogP contribution is 2.13.